The molecule has 0 aromatic heterocycles. The summed E-state index contributed by atoms with van der Waals surface area (Å²) in [7, 11) is -4.36. The van der Waals surface area contributed by atoms with E-state index in [4.69, 9.17) is 4.55 Å². The number of carbonyl (C=O) groups is 2. The summed E-state index contributed by atoms with van der Waals surface area (Å²) in [5.41, 5.74) is 0.127. The van der Waals surface area contributed by atoms with Crippen LogP contribution in [0.1, 0.15) is 20.7 Å². The first-order valence-electron chi connectivity index (χ1n) is 4.28. The van der Waals surface area contributed by atoms with Gasteiger partial charge in [0.15, 0.2) is 11.6 Å². The van der Waals surface area contributed by atoms with Gasteiger partial charge in [0.25, 0.3) is 10.1 Å². The molecule has 0 bridgehead atoms. The molecule has 1 aliphatic rings. The van der Waals surface area contributed by atoms with Crippen LogP contribution in [0.3, 0.4) is 0 Å². The maximum absolute atomic E-state index is 11.4. The van der Waals surface area contributed by atoms with Crippen LogP contribution < -0.4 is 0 Å². The minimum Gasteiger partial charge on any atom is -0.289 e. The number of hydrogen-bond donors (Lipinski definition) is 1. The van der Waals surface area contributed by atoms with Crippen molar-refractivity contribution in [3.63, 3.8) is 0 Å². The summed E-state index contributed by atoms with van der Waals surface area (Å²) in [5, 5.41) is 0. The van der Waals surface area contributed by atoms with E-state index < -0.39 is 20.8 Å². The van der Waals surface area contributed by atoms with Crippen LogP contribution in [0.15, 0.2) is 35.2 Å². The Morgan fingerprint density at radius 2 is 1.50 bits per heavy atom. The predicted molar refractivity (Wildman–Crippen MR) is 54.1 cm³/mol. The molecule has 0 spiro atoms. The monoisotopic (exact) mass is 238 g/mol. The van der Waals surface area contributed by atoms with Crippen LogP contribution >= 0.6 is 0 Å². The Bertz CT molecular complexity index is 625. The zero-order valence-electron chi connectivity index (χ0n) is 7.88. The van der Waals surface area contributed by atoms with E-state index in [0.717, 1.165) is 24.3 Å². The second kappa shape index (κ2) is 3.36. The van der Waals surface area contributed by atoms with Gasteiger partial charge in [0.05, 0.1) is 4.90 Å². The Morgan fingerprint density at radius 3 is 2.06 bits per heavy atom. The van der Waals surface area contributed by atoms with Gasteiger partial charge in [-0.1, -0.05) is 0 Å². The van der Waals surface area contributed by atoms with E-state index in [2.05, 4.69) is 0 Å². The summed E-state index contributed by atoms with van der Waals surface area (Å²) in [5.74, 6) is -0.823. The SMILES string of the molecule is O=C1C=CC(=O)c2cc(S(=O)(=O)O)ccc21. The number of ketones is 2. The molecular formula is C10H6O5S. The van der Waals surface area contributed by atoms with Crippen molar-refractivity contribution >= 4 is 21.7 Å². The fourth-order valence-electron chi connectivity index (χ4n) is 1.43. The number of rotatable bonds is 1. The zero-order valence-corrected chi connectivity index (χ0v) is 8.69. The third kappa shape index (κ3) is 1.68. The summed E-state index contributed by atoms with van der Waals surface area (Å²) in [4.78, 5) is 22.3. The van der Waals surface area contributed by atoms with Crippen molar-refractivity contribution in [2.24, 2.45) is 0 Å². The quantitative estimate of drug-likeness (QED) is 0.733. The Kier molecular flexibility index (Phi) is 2.25. The Morgan fingerprint density at radius 1 is 0.938 bits per heavy atom. The van der Waals surface area contributed by atoms with E-state index in [1.165, 1.54) is 6.07 Å². The average molecular weight is 238 g/mol. The molecule has 0 radical (unpaired) electrons. The van der Waals surface area contributed by atoms with Gasteiger partial charge in [-0.15, -0.1) is 0 Å². The van der Waals surface area contributed by atoms with Crippen molar-refractivity contribution < 1.29 is 22.6 Å². The van der Waals surface area contributed by atoms with Crippen molar-refractivity contribution in [3.8, 4) is 0 Å². The second-order valence-corrected chi connectivity index (χ2v) is 4.67. The first-order valence-corrected chi connectivity index (χ1v) is 5.72. The molecule has 1 aliphatic carbocycles. The number of allylic oxidation sites excluding steroid dienone is 2. The number of hydrogen-bond acceptors (Lipinski definition) is 4. The van der Waals surface area contributed by atoms with Gasteiger partial charge < -0.3 is 0 Å². The standard InChI is InChI=1S/C10H6O5S/c11-9-3-4-10(12)8-5-6(16(13,14)15)1-2-7(8)9/h1-5H,(H,13,14,15). The molecule has 6 heteroatoms. The summed E-state index contributed by atoms with van der Waals surface area (Å²) < 4.78 is 30.5. The van der Waals surface area contributed by atoms with Crippen LogP contribution in [-0.2, 0) is 10.1 Å². The number of carbonyl (C=O) groups excluding carboxylic acids is 2. The van der Waals surface area contributed by atoms with Crippen molar-refractivity contribution in [3.05, 3.63) is 41.5 Å². The van der Waals surface area contributed by atoms with Crippen LogP contribution in [-0.4, -0.2) is 24.5 Å². The van der Waals surface area contributed by atoms with Gasteiger partial charge in [-0.2, -0.15) is 8.42 Å². The third-order valence-corrected chi connectivity index (χ3v) is 3.06. The molecule has 0 aliphatic heterocycles. The molecule has 82 valence electrons. The largest absolute Gasteiger partial charge is 0.294 e. The summed E-state index contributed by atoms with van der Waals surface area (Å²) >= 11 is 0. The fourth-order valence-corrected chi connectivity index (χ4v) is 1.94. The van der Waals surface area contributed by atoms with Gasteiger partial charge in [0, 0.05) is 11.1 Å². The van der Waals surface area contributed by atoms with Crippen LogP contribution in [0.5, 0.6) is 0 Å². The molecule has 2 rings (SSSR count). The smallest absolute Gasteiger partial charge is 0.289 e. The highest BCUT2D eigenvalue weighted by Crippen LogP contribution is 2.20. The van der Waals surface area contributed by atoms with Gasteiger partial charge in [-0.05, 0) is 30.4 Å². The normalized spacial score (nSPS) is 15.1. The molecule has 0 unspecified atom stereocenters. The molecule has 0 heterocycles. The number of fused-ring (bicyclic) bond motifs is 1. The summed E-state index contributed by atoms with van der Waals surface area (Å²) in [6.07, 6.45) is 2.19. The molecule has 16 heavy (non-hydrogen) atoms. The molecule has 0 fully saturated rings. The predicted octanol–water partition coefficient (Wildman–Crippen LogP) is 0.869. The van der Waals surface area contributed by atoms with Gasteiger partial charge in [-0.25, -0.2) is 0 Å². The van der Waals surface area contributed by atoms with Gasteiger partial charge >= 0.3 is 0 Å². The van der Waals surface area contributed by atoms with E-state index in [1.54, 1.807) is 0 Å². The highest BCUT2D eigenvalue weighted by atomic mass is 32.2. The van der Waals surface area contributed by atoms with Crippen molar-refractivity contribution in [1.82, 2.24) is 0 Å². The van der Waals surface area contributed by atoms with Crippen LogP contribution in [0.2, 0.25) is 0 Å². The van der Waals surface area contributed by atoms with Gasteiger partial charge in [0.1, 0.15) is 0 Å². The van der Waals surface area contributed by atoms with E-state index in [-0.39, 0.29) is 16.9 Å². The maximum atomic E-state index is 11.4. The molecule has 1 N–H and O–H groups in total. The highest BCUT2D eigenvalue weighted by Gasteiger charge is 2.21. The Balaban J connectivity index is 2.69. The lowest BCUT2D eigenvalue weighted by Crippen LogP contribution is -2.12. The molecule has 1 aromatic rings. The lowest BCUT2D eigenvalue weighted by Gasteiger charge is -2.09. The van der Waals surface area contributed by atoms with E-state index in [9.17, 15) is 18.0 Å². The molecular weight excluding hydrogens is 232 g/mol. The van der Waals surface area contributed by atoms with Crippen LogP contribution in [0.25, 0.3) is 0 Å². The Labute approximate surface area is 91.1 Å². The molecule has 0 atom stereocenters. The lowest BCUT2D eigenvalue weighted by atomic mass is 9.95. The molecule has 5 nitrogen and oxygen atoms in total. The second-order valence-electron chi connectivity index (χ2n) is 3.24. The van der Waals surface area contributed by atoms with Gasteiger partial charge in [-0.3, -0.25) is 14.1 Å². The molecule has 1 aromatic carbocycles. The molecule has 0 amide bonds. The summed E-state index contributed by atoms with van der Waals surface area (Å²) in [6, 6.07) is 3.29. The maximum Gasteiger partial charge on any atom is 0.294 e. The fraction of sp³-hybridized carbons (Fsp3) is 0. The lowest BCUT2D eigenvalue weighted by molar-refractivity contribution is 0.0994. The average Bonchev–Trinajstić information content (AvgIpc) is 2.22. The minimum atomic E-state index is -4.36. The molecule has 0 saturated carbocycles. The molecule has 0 saturated heterocycles. The first kappa shape index (κ1) is 10.7. The van der Waals surface area contributed by atoms with E-state index in [1.807, 2.05) is 0 Å². The number of benzene rings is 1. The highest BCUT2D eigenvalue weighted by molar-refractivity contribution is 7.85. The summed E-state index contributed by atoms with van der Waals surface area (Å²) in [6.45, 7) is 0. The minimum absolute atomic E-state index is 0.0115. The zero-order chi connectivity index (χ0) is 11.9. The van der Waals surface area contributed by atoms with Crippen molar-refractivity contribution in [2.75, 3.05) is 0 Å². The van der Waals surface area contributed by atoms with Crippen LogP contribution in [0, 0.1) is 0 Å². The van der Waals surface area contributed by atoms with Gasteiger partial charge in [0.2, 0.25) is 0 Å². The Hall–Kier alpha value is -1.79. The van der Waals surface area contributed by atoms with Crippen molar-refractivity contribution in [2.45, 2.75) is 4.90 Å². The van der Waals surface area contributed by atoms with Crippen LogP contribution in [0.4, 0.5) is 0 Å². The third-order valence-electron chi connectivity index (χ3n) is 2.21. The van der Waals surface area contributed by atoms with E-state index >= 15 is 0 Å². The van der Waals surface area contributed by atoms with E-state index in [0.29, 0.717) is 0 Å². The first-order chi connectivity index (χ1) is 7.39. The van der Waals surface area contributed by atoms with Crippen molar-refractivity contribution in [1.29, 1.82) is 0 Å². The topological polar surface area (TPSA) is 88.5 Å².